The zero-order valence-corrected chi connectivity index (χ0v) is 26.9. The number of hydrogen-bond acceptors (Lipinski definition) is 1. The third kappa shape index (κ3) is 3.90. The molecule has 47 heavy (non-hydrogen) atoms. The maximum absolute atomic E-state index is 6.35. The predicted molar refractivity (Wildman–Crippen MR) is 202 cm³/mol. The van der Waals surface area contributed by atoms with Crippen molar-refractivity contribution in [2.24, 2.45) is 0 Å². The van der Waals surface area contributed by atoms with Crippen molar-refractivity contribution < 1.29 is 4.42 Å². The van der Waals surface area contributed by atoms with Gasteiger partial charge in [-0.25, -0.2) is 0 Å². The molecule has 9 rings (SSSR count). The van der Waals surface area contributed by atoms with Gasteiger partial charge in [0, 0.05) is 16.2 Å². The fraction of sp³-hybridized carbons (Fsp3) is 0.0870. The zero-order chi connectivity index (χ0) is 31.9. The van der Waals surface area contributed by atoms with Crippen molar-refractivity contribution in [3.63, 3.8) is 0 Å². The summed E-state index contributed by atoms with van der Waals surface area (Å²) in [5, 5.41) is 7.31. The summed E-state index contributed by atoms with van der Waals surface area (Å²) in [6.07, 6.45) is 6.27. The largest absolute Gasteiger partial charge is 0.456 e. The van der Waals surface area contributed by atoms with Crippen molar-refractivity contribution in [2.75, 3.05) is 0 Å². The molecule has 0 aliphatic heterocycles. The highest BCUT2D eigenvalue weighted by molar-refractivity contribution is 6.25. The molecule has 0 atom stereocenters. The molecule has 0 amide bonds. The summed E-state index contributed by atoms with van der Waals surface area (Å²) in [5.74, 6) is 0. The van der Waals surface area contributed by atoms with E-state index in [2.05, 4.69) is 155 Å². The summed E-state index contributed by atoms with van der Waals surface area (Å²) in [6.45, 7) is 10.9. The first-order chi connectivity index (χ1) is 23.0. The number of furan rings is 1. The fourth-order valence-corrected chi connectivity index (χ4v) is 8.18. The second kappa shape index (κ2) is 10.2. The summed E-state index contributed by atoms with van der Waals surface area (Å²) < 4.78 is 6.35. The number of benzene rings is 7. The summed E-state index contributed by atoms with van der Waals surface area (Å²) in [7, 11) is 0. The van der Waals surface area contributed by atoms with Crippen LogP contribution in [0.1, 0.15) is 43.0 Å². The molecule has 1 heterocycles. The highest BCUT2D eigenvalue weighted by atomic mass is 16.3. The first-order valence-corrected chi connectivity index (χ1v) is 16.4. The van der Waals surface area contributed by atoms with Gasteiger partial charge in [0.15, 0.2) is 0 Å². The Balaban J connectivity index is 1.33. The van der Waals surface area contributed by atoms with Gasteiger partial charge < -0.3 is 4.42 Å². The Kier molecular flexibility index (Phi) is 5.98. The first-order valence-electron chi connectivity index (χ1n) is 16.4. The van der Waals surface area contributed by atoms with Gasteiger partial charge in [0.1, 0.15) is 11.2 Å². The summed E-state index contributed by atoms with van der Waals surface area (Å²) in [5.41, 5.74) is 14.4. The lowest BCUT2D eigenvalue weighted by molar-refractivity contribution is 0.660. The quantitative estimate of drug-likeness (QED) is 0.183. The minimum Gasteiger partial charge on any atom is -0.456 e. The lowest BCUT2D eigenvalue weighted by Crippen LogP contribution is -2.15. The van der Waals surface area contributed by atoms with E-state index in [0.29, 0.717) is 0 Å². The summed E-state index contributed by atoms with van der Waals surface area (Å²) >= 11 is 0. The molecule has 0 saturated carbocycles. The van der Waals surface area contributed by atoms with Crippen LogP contribution in [0.15, 0.2) is 138 Å². The van der Waals surface area contributed by atoms with Gasteiger partial charge in [-0.2, -0.15) is 0 Å². The van der Waals surface area contributed by atoms with Crippen molar-refractivity contribution in [1.29, 1.82) is 0 Å². The Morgan fingerprint density at radius 1 is 0.553 bits per heavy atom. The van der Waals surface area contributed by atoms with Gasteiger partial charge in [-0.1, -0.05) is 130 Å². The van der Waals surface area contributed by atoms with Gasteiger partial charge in [-0.3, -0.25) is 0 Å². The standard InChI is InChI=1S/C46H34O/c1-5-14-29-26-40-38(25-28(29)6-2)31-24-23-30(27-39(31)46(40,3)4)43-32-15-7-9-17-34(32)44(35-18-10-8-16-33(35)43)37-20-13-22-42-45(37)36-19-11-12-21-41(36)47-42/h5-27H,2H2,1,3-4H3/b14-5-. The zero-order valence-electron chi connectivity index (χ0n) is 26.9. The average Bonchev–Trinajstić information content (AvgIpc) is 3.59. The molecule has 0 bridgehead atoms. The molecule has 1 aliphatic rings. The van der Waals surface area contributed by atoms with Gasteiger partial charge in [0.25, 0.3) is 0 Å². The van der Waals surface area contributed by atoms with Gasteiger partial charge in [-0.15, -0.1) is 0 Å². The lowest BCUT2D eigenvalue weighted by atomic mass is 9.79. The maximum atomic E-state index is 6.35. The Labute approximate surface area is 275 Å². The molecule has 1 aromatic heterocycles. The van der Waals surface area contributed by atoms with E-state index in [9.17, 15) is 0 Å². The SMILES string of the molecule is C=Cc1cc2c(cc1/C=C\C)C(C)(C)c1cc(-c3c4ccccc4c(-c4cccc5oc6ccccc6c45)c4ccccc34)ccc1-2. The van der Waals surface area contributed by atoms with Crippen LogP contribution in [0.5, 0.6) is 0 Å². The molecule has 1 heteroatoms. The third-order valence-electron chi connectivity index (χ3n) is 10.3. The van der Waals surface area contributed by atoms with E-state index in [0.717, 1.165) is 16.6 Å². The molecule has 7 aromatic carbocycles. The number of allylic oxidation sites excluding steroid dienone is 1. The second-order valence-electron chi connectivity index (χ2n) is 13.2. The van der Waals surface area contributed by atoms with Crippen LogP contribution >= 0.6 is 0 Å². The minimum atomic E-state index is -0.139. The number of para-hydroxylation sites is 1. The molecule has 0 N–H and O–H groups in total. The van der Waals surface area contributed by atoms with E-state index >= 15 is 0 Å². The molecule has 0 radical (unpaired) electrons. The molecule has 8 aromatic rings. The smallest absolute Gasteiger partial charge is 0.136 e. The first kappa shape index (κ1) is 27.6. The van der Waals surface area contributed by atoms with Crippen LogP contribution < -0.4 is 0 Å². The Morgan fingerprint density at radius 3 is 1.85 bits per heavy atom. The monoisotopic (exact) mass is 602 g/mol. The minimum absolute atomic E-state index is 0.139. The predicted octanol–water partition coefficient (Wildman–Crippen LogP) is 13.2. The Hall–Kier alpha value is -5.66. The molecule has 0 saturated heterocycles. The molecule has 0 spiro atoms. The van der Waals surface area contributed by atoms with E-state index in [1.807, 2.05) is 12.1 Å². The molecular weight excluding hydrogens is 569 g/mol. The number of rotatable bonds is 4. The fourth-order valence-electron chi connectivity index (χ4n) is 8.18. The van der Waals surface area contributed by atoms with E-state index in [-0.39, 0.29) is 5.41 Å². The third-order valence-corrected chi connectivity index (χ3v) is 10.3. The van der Waals surface area contributed by atoms with Crippen LogP contribution in [0.3, 0.4) is 0 Å². The van der Waals surface area contributed by atoms with Crippen LogP contribution in [-0.4, -0.2) is 0 Å². The highest BCUT2D eigenvalue weighted by Gasteiger charge is 2.36. The van der Waals surface area contributed by atoms with Crippen LogP contribution in [0.2, 0.25) is 0 Å². The lowest BCUT2D eigenvalue weighted by Gasteiger charge is -2.23. The van der Waals surface area contributed by atoms with Crippen LogP contribution in [0.4, 0.5) is 0 Å². The average molecular weight is 603 g/mol. The topological polar surface area (TPSA) is 13.1 Å². The Morgan fingerprint density at radius 2 is 1.17 bits per heavy atom. The van der Waals surface area contributed by atoms with Crippen molar-refractivity contribution in [1.82, 2.24) is 0 Å². The van der Waals surface area contributed by atoms with Gasteiger partial charge in [0.05, 0.1) is 0 Å². The molecular formula is C46H34O. The molecule has 1 nitrogen and oxygen atoms in total. The summed E-state index contributed by atoms with van der Waals surface area (Å²) in [4.78, 5) is 0. The van der Waals surface area contributed by atoms with Crippen molar-refractivity contribution >= 4 is 55.6 Å². The van der Waals surface area contributed by atoms with Crippen molar-refractivity contribution in [2.45, 2.75) is 26.2 Å². The second-order valence-corrected chi connectivity index (χ2v) is 13.2. The normalized spacial score (nSPS) is 13.6. The van der Waals surface area contributed by atoms with Crippen molar-refractivity contribution in [3.8, 4) is 33.4 Å². The van der Waals surface area contributed by atoms with Gasteiger partial charge >= 0.3 is 0 Å². The van der Waals surface area contributed by atoms with E-state index < -0.39 is 0 Å². The maximum Gasteiger partial charge on any atom is 0.136 e. The van der Waals surface area contributed by atoms with Crippen LogP contribution in [0.25, 0.3) is 89.0 Å². The van der Waals surface area contributed by atoms with Gasteiger partial charge in [-0.05, 0) is 114 Å². The van der Waals surface area contributed by atoms with Crippen LogP contribution in [0, 0.1) is 0 Å². The van der Waals surface area contributed by atoms with Gasteiger partial charge in [0.2, 0.25) is 0 Å². The molecule has 224 valence electrons. The van der Waals surface area contributed by atoms with E-state index in [1.165, 1.54) is 82.6 Å². The number of fused-ring (bicyclic) bond motifs is 8. The molecule has 1 aliphatic carbocycles. The number of hydrogen-bond donors (Lipinski definition) is 0. The highest BCUT2D eigenvalue weighted by Crippen LogP contribution is 2.52. The van der Waals surface area contributed by atoms with Crippen LogP contribution in [-0.2, 0) is 5.41 Å². The molecule has 0 fully saturated rings. The van der Waals surface area contributed by atoms with E-state index in [1.54, 1.807) is 0 Å². The Bertz CT molecular complexity index is 2570. The van der Waals surface area contributed by atoms with Crippen molar-refractivity contribution in [3.05, 3.63) is 156 Å². The summed E-state index contributed by atoms with van der Waals surface area (Å²) in [6, 6.07) is 44.5. The molecule has 0 unspecified atom stereocenters. The van der Waals surface area contributed by atoms with E-state index in [4.69, 9.17) is 4.42 Å².